The monoisotopic (exact) mass is 240 g/mol. The van der Waals surface area contributed by atoms with Crippen molar-refractivity contribution in [2.75, 3.05) is 0 Å². The SMILES string of the molecule is CC1(C)CC1NC(=O)NC1(CC(=O)O)CCC1. The van der Waals surface area contributed by atoms with Crippen molar-refractivity contribution in [2.45, 2.75) is 57.5 Å². The van der Waals surface area contributed by atoms with Crippen LogP contribution in [0.5, 0.6) is 0 Å². The minimum absolute atomic E-state index is 0.0223. The van der Waals surface area contributed by atoms with Crippen LogP contribution < -0.4 is 10.6 Å². The number of rotatable bonds is 4. The van der Waals surface area contributed by atoms with Crippen LogP contribution in [0.4, 0.5) is 4.79 Å². The van der Waals surface area contributed by atoms with Gasteiger partial charge in [0.2, 0.25) is 0 Å². The number of carbonyl (C=O) groups excluding carboxylic acids is 1. The van der Waals surface area contributed by atoms with Crippen LogP contribution >= 0.6 is 0 Å². The molecule has 1 unspecified atom stereocenters. The molecule has 0 bridgehead atoms. The van der Waals surface area contributed by atoms with Gasteiger partial charge in [0.1, 0.15) is 0 Å². The molecule has 0 spiro atoms. The molecule has 0 saturated heterocycles. The molecule has 2 aliphatic rings. The molecule has 2 fully saturated rings. The average Bonchev–Trinajstić information content (AvgIpc) is 2.68. The fraction of sp³-hybridized carbons (Fsp3) is 0.833. The second-order valence-electron chi connectivity index (χ2n) is 6.05. The third-order valence-electron chi connectivity index (χ3n) is 4.00. The number of nitrogens with one attached hydrogen (secondary N) is 2. The van der Waals surface area contributed by atoms with Crippen molar-refractivity contribution in [3.8, 4) is 0 Å². The highest BCUT2D eigenvalue weighted by atomic mass is 16.4. The van der Waals surface area contributed by atoms with Crippen LogP contribution in [0.1, 0.15) is 46.0 Å². The highest BCUT2D eigenvalue weighted by Gasteiger charge is 2.48. The van der Waals surface area contributed by atoms with Crippen molar-refractivity contribution in [3.63, 3.8) is 0 Å². The Morgan fingerprint density at radius 1 is 1.35 bits per heavy atom. The van der Waals surface area contributed by atoms with E-state index in [0.717, 1.165) is 25.7 Å². The second kappa shape index (κ2) is 3.89. The fourth-order valence-electron chi connectivity index (χ4n) is 2.39. The van der Waals surface area contributed by atoms with E-state index < -0.39 is 11.5 Å². The summed E-state index contributed by atoms with van der Waals surface area (Å²) in [6.45, 7) is 4.21. The molecule has 2 rings (SSSR count). The van der Waals surface area contributed by atoms with Crippen LogP contribution in [0.25, 0.3) is 0 Å². The number of urea groups is 1. The summed E-state index contributed by atoms with van der Waals surface area (Å²) in [5.41, 5.74) is -0.314. The van der Waals surface area contributed by atoms with Crippen molar-refractivity contribution in [1.82, 2.24) is 10.6 Å². The Hall–Kier alpha value is -1.26. The van der Waals surface area contributed by atoms with Crippen LogP contribution in [0.2, 0.25) is 0 Å². The number of hydrogen-bond donors (Lipinski definition) is 3. The lowest BCUT2D eigenvalue weighted by atomic mass is 9.74. The molecule has 96 valence electrons. The predicted octanol–water partition coefficient (Wildman–Crippen LogP) is 1.48. The van der Waals surface area contributed by atoms with Crippen molar-refractivity contribution in [1.29, 1.82) is 0 Å². The first-order chi connectivity index (χ1) is 7.83. The van der Waals surface area contributed by atoms with Crippen LogP contribution in [0, 0.1) is 5.41 Å². The number of carboxylic acid groups (broad SMARTS) is 1. The lowest BCUT2D eigenvalue weighted by molar-refractivity contribution is -0.139. The van der Waals surface area contributed by atoms with E-state index in [0.29, 0.717) is 0 Å². The summed E-state index contributed by atoms with van der Waals surface area (Å²) >= 11 is 0. The van der Waals surface area contributed by atoms with Crippen LogP contribution in [-0.4, -0.2) is 28.7 Å². The fourth-order valence-corrected chi connectivity index (χ4v) is 2.39. The van der Waals surface area contributed by atoms with Crippen LogP contribution in [0.15, 0.2) is 0 Å². The van der Waals surface area contributed by atoms with Gasteiger partial charge in [-0.3, -0.25) is 4.79 Å². The Balaban J connectivity index is 1.82. The maximum absolute atomic E-state index is 11.8. The van der Waals surface area contributed by atoms with E-state index in [2.05, 4.69) is 24.5 Å². The average molecular weight is 240 g/mol. The zero-order valence-electron chi connectivity index (χ0n) is 10.4. The first kappa shape index (κ1) is 12.2. The summed E-state index contributed by atoms with van der Waals surface area (Å²) in [5, 5.41) is 14.6. The van der Waals surface area contributed by atoms with Crippen molar-refractivity contribution in [3.05, 3.63) is 0 Å². The molecular formula is C12H20N2O3. The highest BCUT2D eigenvalue weighted by Crippen LogP contribution is 2.44. The molecule has 5 heteroatoms. The van der Waals surface area contributed by atoms with Crippen molar-refractivity contribution < 1.29 is 14.7 Å². The van der Waals surface area contributed by atoms with Gasteiger partial charge in [-0.05, 0) is 31.1 Å². The molecule has 2 saturated carbocycles. The van der Waals surface area contributed by atoms with Gasteiger partial charge in [0.15, 0.2) is 0 Å². The minimum Gasteiger partial charge on any atom is -0.481 e. The van der Waals surface area contributed by atoms with Gasteiger partial charge in [-0.25, -0.2) is 4.79 Å². The van der Waals surface area contributed by atoms with Gasteiger partial charge in [-0.2, -0.15) is 0 Å². The Morgan fingerprint density at radius 2 is 1.94 bits per heavy atom. The molecule has 3 N–H and O–H groups in total. The number of carbonyl (C=O) groups is 2. The normalized spacial score (nSPS) is 27.8. The summed E-state index contributed by atoms with van der Waals surface area (Å²) in [4.78, 5) is 22.5. The van der Waals surface area contributed by atoms with Crippen LogP contribution in [-0.2, 0) is 4.79 Å². The molecule has 0 aliphatic heterocycles. The van der Waals surface area contributed by atoms with E-state index >= 15 is 0 Å². The predicted molar refractivity (Wildman–Crippen MR) is 62.7 cm³/mol. The third-order valence-corrected chi connectivity index (χ3v) is 4.00. The second-order valence-corrected chi connectivity index (χ2v) is 6.05. The van der Waals surface area contributed by atoms with E-state index in [4.69, 9.17) is 5.11 Å². The molecule has 1 atom stereocenters. The molecule has 0 aromatic carbocycles. The first-order valence-electron chi connectivity index (χ1n) is 6.14. The summed E-state index contributed by atoms with van der Waals surface area (Å²) in [7, 11) is 0. The van der Waals surface area contributed by atoms with E-state index in [1.54, 1.807) is 0 Å². The van der Waals surface area contributed by atoms with Crippen LogP contribution in [0.3, 0.4) is 0 Å². The van der Waals surface area contributed by atoms with E-state index in [9.17, 15) is 9.59 Å². The smallest absolute Gasteiger partial charge is 0.315 e. The maximum atomic E-state index is 11.8. The van der Waals surface area contributed by atoms with Gasteiger partial charge < -0.3 is 15.7 Å². The first-order valence-corrected chi connectivity index (χ1v) is 6.14. The van der Waals surface area contributed by atoms with Gasteiger partial charge in [0, 0.05) is 6.04 Å². The van der Waals surface area contributed by atoms with E-state index in [1.807, 2.05) is 0 Å². The lowest BCUT2D eigenvalue weighted by Crippen LogP contribution is -2.57. The molecular weight excluding hydrogens is 220 g/mol. The summed E-state index contributed by atoms with van der Waals surface area (Å²) in [6.07, 6.45) is 3.53. The topological polar surface area (TPSA) is 78.4 Å². The molecule has 17 heavy (non-hydrogen) atoms. The summed E-state index contributed by atoms with van der Waals surface area (Å²) < 4.78 is 0. The van der Waals surface area contributed by atoms with Crippen molar-refractivity contribution in [2.24, 2.45) is 5.41 Å². The van der Waals surface area contributed by atoms with Gasteiger partial charge in [-0.15, -0.1) is 0 Å². The van der Waals surface area contributed by atoms with E-state index in [-0.39, 0.29) is 23.9 Å². The zero-order valence-corrected chi connectivity index (χ0v) is 10.4. The Labute approximate surface area is 101 Å². The van der Waals surface area contributed by atoms with Gasteiger partial charge >= 0.3 is 12.0 Å². The van der Waals surface area contributed by atoms with Gasteiger partial charge in [-0.1, -0.05) is 13.8 Å². The Bertz CT molecular complexity index is 348. The minimum atomic E-state index is -0.850. The third kappa shape index (κ3) is 2.70. The van der Waals surface area contributed by atoms with Crippen molar-refractivity contribution >= 4 is 12.0 Å². The number of aliphatic carboxylic acids is 1. The largest absolute Gasteiger partial charge is 0.481 e. The molecule has 5 nitrogen and oxygen atoms in total. The molecule has 2 amide bonds. The highest BCUT2D eigenvalue weighted by molar-refractivity contribution is 5.77. The molecule has 0 heterocycles. The molecule has 0 aromatic heterocycles. The Morgan fingerprint density at radius 3 is 2.29 bits per heavy atom. The lowest BCUT2D eigenvalue weighted by Gasteiger charge is -2.41. The molecule has 0 radical (unpaired) electrons. The molecule has 0 aromatic rings. The standard InChI is InChI=1S/C12H20N2O3/c1-11(2)6-8(11)13-10(17)14-12(4-3-5-12)7-9(15)16/h8H,3-7H2,1-2H3,(H,15,16)(H2,13,14,17). The number of carboxylic acids is 1. The van der Waals surface area contributed by atoms with Gasteiger partial charge in [0.05, 0.1) is 12.0 Å². The van der Waals surface area contributed by atoms with E-state index in [1.165, 1.54) is 0 Å². The summed E-state index contributed by atoms with van der Waals surface area (Å²) in [5.74, 6) is -0.850. The number of hydrogen-bond acceptors (Lipinski definition) is 2. The van der Waals surface area contributed by atoms with Gasteiger partial charge in [0.25, 0.3) is 0 Å². The number of amides is 2. The quantitative estimate of drug-likeness (QED) is 0.696. The maximum Gasteiger partial charge on any atom is 0.315 e. The zero-order chi connectivity index (χ0) is 12.7. The summed E-state index contributed by atoms with van der Waals surface area (Å²) in [6, 6.07) is 0.00554. The molecule has 2 aliphatic carbocycles. The Kier molecular flexibility index (Phi) is 2.79.